The Morgan fingerprint density at radius 2 is 1.94 bits per heavy atom. The average molecular weight is 239 g/mol. The Morgan fingerprint density at radius 3 is 2.41 bits per heavy atom. The van der Waals surface area contributed by atoms with Crippen LogP contribution in [0.3, 0.4) is 0 Å². The third-order valence-corrected chi connectivity index (χ3v) is 2.29. The van der Waals surface area contributed by atoms with Crippen molar-refractivity contribution in [3.8, 4) is 17.0 Å². The van der Waals surface area contributed by atoms with Crippen molar-refractivity contribution in [1.82, 2.24) is 9.78 Å². The molecular weight excluding hydrogens is 228 g/mol. The lowest BCUT2D eigenvalue weighted by atomic mass is 10.1. The molecule has 1 aromatic carbocycles. The van der Waals surface area contributed by atoms with Crippen molar-refractivity contribution in [3.05, 3.63) is 30.3 Å². The highest BCUT2D eigenvalue weighted by atomic mass is 19.3. The van der Waals surface area contributed by atoms with E-state index in [1.807, 2.05) is 0 Å². The second-order valence-electron chi connectivity index (χ2n) is 3.48. The number of alkyl halides is 2. The molecule has 0 aliphatic rings. The number of anilines is 1. The van der Waals surface area contributed by atoms with Gasteiger partial charge in [-0.1, -0.05) is 0 Å². The highest BCUT2D eigenvalue weighted by Crippen LogP contribution is 2.23. The van der Waals surface area contributed by atoms with E-state index in [9.17, 15) is 8.78 Å². The molecule has 2 rings (SSSR count). The number of hydrogen-bond acceptors (Lipinski definition) is 3. The van der Waals surface area contributed by atoms with Crippen LogP contribution in [0.25, 0.3) is 11.3 Å². The lowest BCUT2D eigenvalue weighted by Gasteiger charge is -2.04. The normalized spacial score (nSPS) is 10.8. The maximum atomic E-state index is 11.9. The third kappa shape index (κ3) is 2.52. The number of nitrogens with zero attached hydrogens (tertiary/aromatic N) is 2. The Morgan fingerprint density at radius 1 is 1.29 bits per heavy atom. The predicted molar refractivity (Wildman–Crippen MR) is 59.7 cm³/mol. The average Bonchev–Trinajstić information content (AvgIpc) is 2.59. The Kier molecular flexibility index (Phi) is 2.95. The number of nitrogen functional groups attached to an aromatic ring is 1. The molecule has 0 saturated heterocycles. The van der Waals surface area contributed by atoms with E-state index in [0.29, 0.717) is 11.5 Å². The zero-order valence-corrected chi connectivity index (χ0v) is 9.10. The second kappa shape index (κ2) is 4.40. The number of nitrogens with two attached hydrogens (primary N) is 1. The van der Waals surface area contributed by atoms with Crippen molar-refractivity contribution in [3.63, 3.8) is 0 Å². The number of aromatic nitrogens is 2. The number of hydrogen-bond donors (Lipinski definition) is 1. The molecule has 0 bridgehead atoms. The van der Waals surface area contributed by atoms with Crippen LogP contribution in [0.5, 0.6) is 5.75 Å². The van der Waals surface area contributed by atoms with Gasteiger partial charge in [-0.05, 0) is 24.3 Å². The Balaban J connectivity index is 2.23. The largest absolute Gasteiger partial charge is 0.435 e. The molecule has 0 amide bonds. The van der Waals surface area contributed by atoms with Crippen LogP contribution in [0, 0.1) is 0 Å². The molecule has 0 atom stereocenters. The Hall–Kier alpha value is -2.11. The molecule has 90 valence electrons. The van der Waals surface area contributed by atoms with Crippen LogP contribution in [-0.4, -0.2) is 16.4 Å². The summed E-state index contributed by atoms with van der Waals surface area (Å²) in [5.74, 6) is 0.653. The standard InChI is InChI=1S/C11H11F2N3O/c1-16-10(14)6-9(15-16)7-2-4-8(5-3-7)17-11(12)13/h2-6,11H,14H2,1H3. The van der Waals surface area contributed by atoms with Crippen molar-refractivity contribution in [2.45, 2.75) is 6.61 Å². The highest BCUT2D eigenvalue weighted by Gasteiger charge is 2.07. The van der Waals surface area contributed by atoms with Gasteiger partial charge in [0.05, 0.1) is 5.69 Å². The van der Waals surface area contributed by atoms with Crippen LogP contribution in [-0.2, 0) is 7.05 Å². The third-order valence-electron chi connectivity index (χ3n) is 2.29. The van der Waals surface area contributed by atoms with Crippen molar-refractivity contribution in [1.29, 1.82) is 0 Å². The lowest BCUT2D eigenvalue weighted by Crippen LogP contribution is -2.01. The maximum absolute atomic E-state index is 11.9. The van der Waals surface area contributed by atoms with Crippen molar-refractivity contribution < 1.29 is 13.5 Å². The van der Waals surface area contributed by atoms with Crippen molar-refractivity contribution >= 4 is 5.82 Å². The fraction of sp³-hybridized carbons (Fsp3) is 0.182. The minimum atomic E-state index is -2.81. The fourth-order valence-electron chi connectivity index (χ4n) is 1.43. The van der Waals surface area contributed by atoms with E-state index in [4.69, 9.17) is 5.73 Å². The van der Waals surface area contributed by atoms with E-state index in [2.05, 4.69) is 9.84 Å². The lowest BCUT2D eigenvalue weighted by molar-refractivity contribution is -0.0498. The minimum absolute atomic E-state index is 0.118. The van der Waals surface area contributed by atoms with Crippen LogP contribution >= 0.6 is 0 Å². The van der Waals surface area contributed by atoms with E-state index in [-0.39, 0.29) is 5.75 Å². The van der Waals surface area contributed by atoms with Crippen LogP contribution in [0.4, 0.5) is 14.6 Å². The van der Waals surface area contributed by atoms with Gasteiger partial charge >= 0.3 is 6.61 Å². The van der Waals surface area contributed by atoms with E-state index < -0.39 is 6.61 Å². The zero-order chi connectivity index (χ0) is 12.4. The number of rotatable bonds is 3. The highest BCUT2D eigenvalue weighted by molar-refractivity contribution is 5.63. The fourth-order valence-corrected chi connectivity index (χ4v) is 1.43. The first-order chi connectivity index (χ1) is 8.06. The van der Waals surface area contributed by atoms with Crippen molar-refractivity contribution in [2.75, 3.05) is 5.73 Å². The smallest absolute Gasteiger partial charge is 0.387 e. The summed E-state index contributed by atoms with van der Waals surface area (Å²) < 4.78 is 29.7. The summed E-state index contributed by atoms with van der Waals surface area (Å²) >= 11 is 0. The predicted octanol–water partition coefficient (Wildman–Crippen LogP) is 2.27. The number of halogens is 2. The van der Waals surface area contributed by atoms with Crippen LogP contribution in [0.15, 0.2) is 30.3 Å². The molecular formula is C11H11F2N3O. The molecule has 0 aliphatic heterocycles. The summed E-state index contributed by atoms with van der Waals surface area (Å²) in [6.07, 6.45) is 0. The van der Waals surface area contributed by atoms with Crippen LogP contribution in [0.1, 0.15) is 0 Å². The van der Waals surface area contributed by atoms with Gasteiger partial charge in [-0.3, -0.25) is 4.68 Å². The Labute approximate surface area is 96.6 Å². The van der Waals surface area contributed by atoms with Crippen molar-refractivity contribution in [2.24, 2.45) is 7.05 Å². The minimum Gasteiger partial charge on any atom is -0.435 e. The molecule has 2 N–H and O–H groups in total. The van der Waals surface area contributed by atoms with Gasteiger partial charge in [-0.25, -0.2) is 0 Å². The maximum Gasteiger partial charge on any atom is 0.387 e. The number of aryl methyl sites for hydroxylation is 1. The summed E-state index contributed by atoms with van der Waals surface area (Å²) in [4.78, 5) is 0. The molecule has 0 radical (unpaired) electrons. The van der Waals surface area contributed by atoms with E-state index in [0.717, 1.165) is 5.56 Å². The van der Waals surface area contributed by atoms with Gasteiger partial charge in [0.15, 0.2) is 0 Å². The van der Waals surface area contributed by atoms with Gasteiger partial charge < -0.3 is 10.5 Å². The summed E-state index contributed by atoms with van der Waals surface area (Å²) in [6.45, 7) is -2.81. The molecule has 0 saturated carbocycles. The molecule has 2 aromatic rings. The first kappa shape index (κ1) is 11.4. The molecule has 17 heavy (non-hydrogen) atoms. The summed E-state index contributed by atoms with van der Waals surface area (Å²) in [7, 11) is 1.73. The molecule has 0 spiro atoms. The molecule has 4 nitrogen and oxygen atoms in total. The van der Waals surface area contributed by atoms with Crippen LogP contribution < -0.4 is 10.5 Å². The molecule has 1 aromatic heterocycles. The SMILES string of the molecule is Cn1nc(-c2ccc(OC(F)F)cc2)cc1N. The molecule has 6 heteroatoms. The van der Waals surface area contributed by atoms with E-state index >= 15 is 0 Å². The molecule has 0 fully saturated rings. The van der Waals surface area contributed by atoms with Crippen LogP contribution in [0.2, 0.25) is 0 Å². The number of benzene rings is 1. The monoisotopic (exact) mass is 239 g/mol. The quantitative estimate of drug-likeness (QED) is 0.893. The number of ether oxygens (including phenoxy) is 1. The Bertz CT molecular complexity index is 488. The second-order valence-corrected chi connectivity index (χ2v) is 3.48. The molecule has 1 heterocycles. The first-order valence-electron chi connectivity index (χ1n) is 4.91. The topological polar surface area (TPSA) is 53.1 Å². The summed E-state index contributed by atoms with van der Waals surface area (Å²) in [5, 5.41) is 4.17. The van der Waals surface area contributed by atoms with Gasteiger partial charge in [0.2, 0.25) is 0 Å². The first-order valence-corrected chi connectivity index (χ1v) is 4.91. The van der Waals surface area contributed by atoms with Gasteiger partial charge in [-0.2, -0.15) is 13.9 Å². The van der Waals surface area contributed by atoms with E-state index in [1.54, 1.807) is 29.9 Å². The summed E-state index contributed by atoms with van der Waals surface area (Å²) in [6, 6.07) is 7.95. The van der Waals surface area contributed by atoms with Gasteiger partial charge in [0.25, 0.3) is 0 Å². The van der Waals surface area contributed by atoms with Gasteiger partial charge in [0.1, 0.15) is 11.6 Å². The molecule has 0 aliphatic carbocycles. The molecule has 0 unspecified atom stereocenters. The van der Waals surface area contributed by atoms with Gasteiger partial charge in [-0.15, -0.1) is 0 Å². The summed E-state index contributed by atoms with van der Waals surface area (Å²) in [5.41, 5.74) is 7.13. The van der Waals surface area contributed by atoms with Gasteiger partial charge in [0, 0.05) is 18.7 Å². The zero-order valence-electron chi connectivity index (χ0n) is 9.10. The van der Waals surface area contributed by atoms with E-state index in [1.165, 1.54) is 12.1 Å².